The lowest BCUT2D eigenvalue weighted by molar-refractivity contribution is -0.126. The Balaban J connectivity index is 1.21. The maximum Gasteiger partial charge on any atom is 0.251 e. The molecule has 0 radical (unpaired) electrons. The molecular formula is C37H40ClN9O3. The number of nitrogens with one attached hydrogen (secondary N) is 4. The molecule has 4 N–H and O–H groups in total. The number of anilines is 3. The van der Waals surface area contributed by atoms with Crippen LogP contribution in [0.5, 0.6) is 0 Å². The first kappa shape index (κ1) is 34.4. The topological polar surface area (TPSA) is 140 Å². The number of aromatic amines is 1. The molecule has 1 atom stereocenters. The number of hydrogen-bond acceptors (Lipinski definition) is 7. The Kier molecular flexibility index (Phi) is 10.6. The Labute approximate surface area is 295 Å². The number of aromatic nitrogens is 4. The van der Waals surface area contributed by atoms with Crippen molar-refractivity contribution < 1.29 is 14.4 Å². The number of nitrogens with zero attached hydrogens (tertiary/aromatic N) is 5. The van der Waals surface area contributed by atoms with Crippen molar-refractivity contribution >= 4 is 57.3 Å². The van der Waals surface area contributed by atoms with Gasteiger partial charge in [0.05, 0.1) is 28.5 Å². The monoisotopic (exact) mass is 693 g/mol. The van der Waals surface area contributed by atoms with Crippen LogP contribution in [0.1, 0.15) is 29.6 Å². The Morgan fingerprint density at radius 2 is 1.90 bits per heavy atom. The maximum absolute atomic E-state index is 13.7. The summed E-state index contributed by atoms with van der Waals surface area (Å²) in [7, 11) is 3.93. The van der Waals surface area contributed by atoms with Crippen LogP contribution in [-0.4, -0.2) is 87.3 Å². The van der Waals surface area contributed by atoms with Crippen LogP contribution in [0.25, 0.3) is 22.2 Å². The SMILES string of the molecule is C=C(Cn1cccn1)C(=O)N1CCC(NC(=O)c2cc(NC(=O)CCCN(C)C)cc(-c3n[nH]c4cc(Nc5ccccc5Cl)ccc34)c2)C1. The highest BCUT2D eigenvalue weighted by Gasteiger charge is 2.29. The van der Waals surface area contributed by atoms with Crippen molar-refractivity contribution in [2.24, 2.45) is 0 Å². The Hall–Kier alpha value is -5.46. The van der Waals surface area contributed by atoms with E-state index in [4.69, 9.17) is 11.6 Å². The van der Waals surface area contributed by atoms with Crippen molar-refractivity contribution in [2.45, 2.75) is 31.8 Å². The minimum Gasteiger partial charge on any atom is -0.354 e. The van der Waals surface area contributed by atoms with Crippen LogP contribution >= 0.6 is 11.6 Å². The predicted octanol–water partition coefficient (Wildman–Crippen LogP) is 5.69. The van der Waals surface area contributed by atoms with Crippen molar-refractivity contribution in [2.75, 3.05) is 44.4 Å². The highest BCUT2D eigenvalue weighted by molar-refractivity contribution is 6.33. The molecular weight excluding hydrogens is 654 g/mol. The summed E-state index contributed by atoms with van der Waals surface area (Å²) in [5, 5.41) is 22.7. The van der Waals surface area contributed by atoms with Gasteiger partial charge in [0, 0.05) is 71.4 Å². The zero-order chi connectivity index (χ0) is 35.2. The first-order valence-corrected chi connectivity index (χ1v) is 16.9. The molecule has 1 saturated heterocycles. The van der Waals surface area contributed by atoms with Crippen molar-refractivity contribution in [3.8, 4) is 11.3 Å². The van der Waals surface area contributed by atoms with Crippen molar-refractivity contribution in [3.05, 3.63) is 102 Å². The number of benzene rings is 3. The smallest absolute Gasteiger partial charge is 0.251 e. The van der Waals surface area contributed by atoms with Gasteiger partial charge in [-0.3, -0.25) is 24.2 Å². The quantitative estimate of drug-likeness (QED) is 0.116. The number of H-pyrrole nitrogens is 1. The summed E-state index contributed by atoms with van der Waals surface area (Å²) in [6.07, 6.45) is 5.08. The average molecular weight is 694 g/mol. The van der Waals surface area contributed by atoms with Crippen LogP contribution in [0.3, 0.4) is 0 Å². The zero-order valence-electron chi connectivity index (χ0n) is 28.1. The standard InChI is InChI=1S/C37H40ClN9O3/c1-24(22-47-16-7-14-39-47)37(50)46-17-13-28(23-46)42-36(49)26-18-25(19-29(20-26)41-34(48)10-6-15-45(2)3)35-30-12-11-27(21-33(30)43-44-35)40-32-9-5-4-8-31(32)38/h4-5,7-9,11-12,14,16,18-21,28,40H,1,6,10,13,15,17,22-23H2,2-3H3,(H,41,48)(H,42,49)(H,43,44). The molecule has 0 bridgehead atoms. The van der Waals surface area contributed by atoms with Gasteiger partial charge in [0.25, 0.3) is 11.8 Å². The molecule has 1 aliphatic heterocycles. The van der Waals surface area contributed by atoms with Crippen LogP contribution in [0.4, 0.5) is 17.1 Å². The summed E-state index contributed by atoms with van der Waals surface area (Å²) in [6, 6.07) is 20.2. The number of hydrogen-bond donors (Lipinski definition) is 4. The lowest BCUT2D eigenvalue weighted by Crippen LogP contribution is -2.39. The lowest BCUT2D eigenvalue weighted by Gasteiger charge is -2.19. The van der Waals surface area contributed by atoms with Gasteiger partial charge in [-0.05, 0) is 88.1 Å². The number of carbonyl (C=O) groups excluding carboxylic acids is 3. The van der Waals surface area contributed by atoms with Crippen LogP contribution in [-0.2, 0) is 16.1 Å². The predicted molar refractivity (Wildman–Crippen MR) is 197 cm³/mol. The van der Waals surface area contributed by atoms with E-state index in [2.05, 4.69) is 37.8 Å². The van der Waals surface area contributed by atoms with Gasteiger partial charge in [0.1, 0.15) is 0 Å². The maximum atomic E-state index is 13.7. The normalized spacial score (nSPS) is 14.2. The third-order valence-corrected chi connectivity index (χ3v) is 8.83. The fourth-order valence-electron chi connectivity index (χ4n) is 5.99. The van der Waals surface area contributed by atoms with Gasteiger partial charge in [-0.25, -0.2) is 0 Å². The molecule has 1 unspecified atom stereocenters. The van der Waals surface area contributed by atoms with Gasteiger partial charge in [-0.1, -0.05) is 30.3 Å². The van der Waals surface area contributed by atoms with E-state index in [0.717, 1.165) is 28.8 Å². The largest absolute Gasteiger partial charge is 0.354 e. The van der Waals surface area contributed by atoms with Gasteiger partial charge in [-0.15, -0.1) is 0 Å². The molecule has 3 heterocycles. The summed E-state index contributed by atoms with van der Waals surface area (Å²) in [4.78, 5) is 43.4. The molecule has 13 heteroatoms. The van der Waals surface area contributed by atoms with Gasteiger partial charge in [0.15, 0.2) is 0 Å². The summed E-state index contributed by atoms with van der Waals surface area (Å²) >= 11 is 6.35. The zero-order valence-corrected chi connectivity index (χ0v) is 28.8. The molecule has 50 heavy (non-hydrogen) atoms. The fourth-order valence-corrected chi connectivity index (χ4v) is 6.18. The van der Waals surface area contributed by atoms with Crippen LogP contribution in [0.15, 0.2) is 91.3 Å². The number of carbonyl (C=O) groups is 3. The second kappa shape index (κ2) is 15.4. The number of likely N-dealkylation sites (tertiary alicyclic amines) is 1. The van der Waals surface area contributed by atoms with E-state index in [0.29, 0.717) is 72.0 Å². The fraction of sp³-hybridized carbons (Fsp3) is 0.270. The van der Waals surface area contributed by atoms with Gasteiger partial charge < -0.3 is 25.8 Å². The molecule has 0 saturated carbocycles. The molecule has 6 rings (SSSR count). The second-order valence-corrected chi connectivity index (χ2v) is 13.1. The minimum absolute atomic E-state index is 0.141. The number of rotatable bonds is 13. The number of para-hydroxylation sites is 1. The summed E-state index contributed by atoms with van der Waals surface area (Å²) < 4.78 is 1.65. The molecule has 1 aliphatic rings. The van der Waals surface area contributed by atoms with E-state index >= 15 is 0 Å². The highest BCUT2D eigenvalue weighted by Crippen LogP contribution is 2.33. The van der Waals surface area contributed by atoms with E-state index in [9.17, 15) is 14.4 Å². The number of amides is 3. The molecule has 0 aliphatic carbocycles. The van der Waals surface area contributed by atoms with Gasteiger partial charge in [-0.2, -0.15) is 10.2 Å². The summed E-state index contributed by atoms with van der Waals surface area (Å²) in [5.74, 6) is -0.609. The Morgan fingerprint density at radius 3 is 2.68 bits per heavy atom. The first-order chi connectivity index (χ1) is 24.1. The van der Waals surface area contributed by atoms with Gasteiger partial charge >= 0.3 is 0 Å². The van der Waals surface area contributed by atoms with Crippen molar-refractivity contribution in [3.63, 3.8) is 0 Å². The molecule has 3 aromatic carbocycles. The molecule has 0 spiro atoms. The molecule has 5 aromatic rings. The molecule has 258 valence electrons. The van der Waals surface area contributed by atoms with Crippen molar-refractivity contribution in [1.29, 1.82) is 0 Å². The van der Waals surface area contributed by atoms with E-state index in [1.54, 1.807) is 40.2 Å². The van der Waals surface area contributed by atoms with Crippen LogP contribution in [0.2, 0.25) is 5.02 Å². The number of halogens is 1. The molecule has 1 fully saturated rings. The minimum atomic E-state index is -0.310. The Bertz CT molecular complexity index is 2020. The van der Waals surface area contributed by atoms with Crippen LogP contribution < -0.4 is 16.0 Å². The second-order valence-electron chi connectivity index (χ2n) is 12.7. The lowest BCUT2D eigenvalue weighted by atomic mass is 10.0. The first-order valence-electron chi connectivity index (χ1n) is 16.5. The summed E-state index contributed by atoms with van der Waals surface area (Å²) in [6.45, 7) is 5.91. The average Bonchev–Trinajstić information content (AvgIpc) is 3.87. The third kappa shape index (κ3) is 8.39. The molecule has 12 nitrogen and oxygen atoms in total. The third-order valence-electron chi connectivity index (χ3n) is 8.50. The van der Waals surface area contributed by atoms with E-state index in [1.165, 1.54) is 0 Å². The van der Waals surface area contributed by atoms with Gasteiger partial charge in [0.2, 0.25) is 5.91 Å². The molecule has 2 aromatic heterocycles. The van der Waals surface area contributed by atoms with E-state index < -0.39 is 0 Å². The van der Waals surface area contributed by atoms with Crippen LogP contribution in [0, 0.1) is 0 Å². The Morgan fingerprint density at radius 1 is 1.06 bits per heavy atom. The van der Waals surface area contributed by atoms with Crippen molar-refractivity contribution in [1.82, 2.24) is 35.1 Å². The van der Waals surface area contributed by atoms with E-state index in [-0.39, 0.29) is 23.8 Å². The van der Waals surface area contributed by atoms with E-state index in [1.807, 2.05) is 67.5 Å². The molecule has 3 amide bonds. The highest BCUT2D eigenvalue weighted by atomic mass is 35.5. The number of fused-ring (bicyclic) bond motifs is 1. The summed E-state index contributed by atoms with van der Waals surface area (Å²) in [5.41, 5.74) is 4.98.